The van der Waals surface area contributed by atoms with Gasteiger partial charge in [-0.3, -0.25) is 0 Å². The van der Waals surface area contributed by atoms with E-state index in [1.807, 2.05) is 0 Å². The van der Waals surface area contributed by atoms with Crippen molar-refractivity contribution in [3.05, 3.63) is 36.5 Å². The maximum absolute atomic E-state index is 12.8. The summed E-state index contributed by atoms with van der Waals surface area (Å²) in [5.41, 5.74) is 0. The molecule has 0 saturated heterocycles. The lowest BCUT2D eigenvalue weighted by molar-refractivity contribution is -0.142. The van der Waals surface area contributed by atoms with E-state index < -0.39 is 11.8 Å². The lowest BCUT2D eigenvalue weighted by Gasteiger charge is -2.05. The molecule has 0 fully saturated rings. The van der Waals surface area contributed by atoms with E-state index >= 15 is 0 Å². The highest BCUT2D eigenvalue weighted by molar-refractivity contribution is 5.70. The summed E-state index contributed by atoms with van der Waals surface area (Å²) in [6.07, 6.45) is 3.71. The normalized spacial score (nSPS) is 10.1. The van der Waals surface area contributed by atoms with E-state index in [0.29, 0.717) is 11.6 Å². The maximum Gasteiger partial charge on any atom is 0.343 e. The Kier molecular flexibility index (Phi) is 3.52. The lowest BCUT2D eigenvalue weighted by Crippen LogP contribution is -2.12. The van der Waals surface area contributed by atoms with Crippen molar-refractivity contribution < 1.29 is 18.7 Å². The van der Waals surface area contributed by atoms with Gasteiger partial charge in [0.15, 0.2) is 18.2 Å². The van der Waals surface area contributed by atoms with Crippen LogP contribution in [-0.2, 0) is 9.53 Å². The molecule has 0 spiro atoms. The number of nitrogens with zero attached hydrogens (tertiary/aromatic N) is 3. The molecular formula is C11H10FN3O3. The van der Waals surface area contributed by atoms with Crippen LogP contribution in [0.3, 0.4) is 0 Å². The number of carbonyl (C=O) groups excluding carboxylic acids is 1. The van der Waals surface area contributed by atoms with Crippen molar-refractivity contribution in [1.29, 1.82) is 0 Å². The second-order valence-corrected chi connectivity index (χ2v) is 3.32. The number of hydrogen-bond acceptors (Lipinski definition) is 5. The molecule has 2 heterocycles. The number of methoxy groups -OCH3 is 1. The van der Waals surface area contributed by atoms with Gasteiger partial charge in [0.05, 0.1) is 25.7 Å². The third-order valence-corrected chi connectivity index (χ3v) is 2.09. The number of carbonyl (C=O) groups is 1. The van der Waals surface area contributed by atoms with Crippen molar-refractivity contribution in [2.24, 2.45) is 0 Å². The predicted molar refractivity (Wildman–Crippen MR) is 58.8 cm³/mol. The Morgan fingerprint density at radius 1 is 1.44 bits per heavy atom. The fraction of sp³-hybridized carbons (Fsp3) is 0.182. The molecule has 18 heavy (non-hydrogen) atoms. The molecule has 0 N–H and O–H groups in total. The summed E-state index contributed by atoms with van der Waals surface area (Å²) in [6, 6.07) is 3.20. The smallest absolute Gasteiger partial charge is 0.343 e. The molecule has 0 unspecified atom stereocenters. The topological polar surface area (TPSA) is 66.2 Å². The summed E-state index contributed by atoms with van der Waals surface area (Å²) in [6.45, 7) is -0.187. The molecule has 0 aliphatic carbocycles. The molecule has 0 aromatic carbocycles. The van der Waals surface area contributed by atoms with Crippen LogP contribution in [-0.4, -0.2) is 34.5 Å². The van der Waals surface area contributed by atoms with Crippen molar-refractivity contribution in [3.63, 3.8) is 0 Å². The average molecular weight is 251 g/mol. The minimum atomic E-state index is -0.478. The Labute approximate surface area is 102 Å². The summed E-state index contributed by atoms with van der Waals surface area (Å²) in [7, 11) is 1.28. The van der Waals surface area contributed by atoms with Crippen molar-refractivity contribution >= 4 is 5.97 Å². The molecule has 0 atom stereocenters. The van der Waals surface area contributed by atoms with Crippen LogP contribution in [0.2, 0.25) is 0 Å². The molecule has 0 aliphatic rings. The van der Waals surface area contributed by atoms with Gasteiger partial charge in [0.25, 0.3) is 0 Å². The zero-order valence-corrected chi connectivity index (χ0v) is 9.54. The van der Waals surface area contributed by atoms with Gasteiger partial charge < -0.3 is 9.47 Å². The average Bonchev–Trinajstić information content (AvgIpc) is 2.83. The quantitative estimate of drug-likeness (QED) is 0.757. The molecule has 0 amide bonds. The SMILES string of the molecule is COC(=O)COc1ccc(-n2cc(F)cn2)nc1. The van der Waals surface area contributed by atoms with Crippen LogP contribution in [0.4, 0.5) is 4.39 Å². The van der Waals surface area contributed by atoms with Crippen LogP contribution >= 0.6 is 0 Å². The highest BCUT2D eigenvalue weighted by atomic mass is 19.1. The van der Waals surface area contributed by atoms with Gasteiger partial charge in [-0.25, -0.2) is 18.9 Å². The van der Waals surface area contributed by atoms with E-state index in [4.69, 9.17) is 4.74 Å². The predicted octanol–water partition coefficient (Wildman–Crippen LogP) is 0.958. The lowest BCUT2D eigenvalue weighted by atomic mass is 10.4. The van der Waals surface area contributed by atoms with E-state index in [1.54, 1.807) is 12.1 Å². The molecule has 7 heteroatoms. The van der Waals surface area contributed by atoms with E-state index in [-0.39, 0.29) is 6.61 Å². The van der Waals surface area contributed by atoms with Gasteiger partial charge in [-0.1, -0.05) is 0 Å². The third kappa shape index (κ3) is 2.82. The molecule has 0 radical (unpaired) electrons. The summed E-state index contributed by atoms with van der Waals surface area (Å²) in [4.78, 5) is 14.9. The van der Waals surface area contributed by atoms with Crippen LogP contribution in [0.1, 0.15) is 0 Å². The molecule has 2 aromatic rings. The largest absolute Gasteiger partial charge is 0.480 e. The maximum atomic E-state index is 12.8. The number of halogens is 1. The van der Waals surface area contributed by atoms with Gasteiger partial charge >= 0.3 is 5.97 Å². The molecule has 0 aliphatic heterocycles. The first-order valence-electron chi connectivity index (χ1n) is 5.05. The first-order chi connectivity index (χ1) is 8.69. The van der Waals surface area contributed by atoms with Gasteiger partial charge in [-0.15, -0.1) is 0 Å². The van der Waals surface area contributed by atoms with Gasteiger partial charge in [-0.05, 0) is 12.1 Å². The van der Waals surface area contributed by atoms with Gasteiger partial charge in [-0.2, -0.15) is 5.10 Å². The van der Waals surface area contributed by atoms with E-state index in [0.717, 1.165) is 6.20 Å². The summed E-state index contributed by atoms with van der Waals surface area (Å²) in [5.74, 6) is -0.0582. The Bertz CT molecular complexity index is 539. The summed E-state index contributed by atoms with van der Waals surface area (Å²) < 4.78 is 23.6. The zero-order chi connectivity index (χ0) is 13.0. The van der Waals surface area contributed by atoms with Gasteiger partial charge in [0.1, 0.15) is 5.75 Å². The molecule has 2 rings (SSSR count). The molecule has 0 bridgehead atoms. The minimum Gasteiger partial charge on any atom is -0.480 e. The molecule has 6 nitrogen and oxygen atoms in total. The number of esters is 1. The standard InChI is InChI=1S/C11H10FN3O3/c1-17-11(16)7-18-9-2-3-10(13-5-9)15-6-8(12)4-14-15/h2-6H,7H2,1H3. The Balaban J connectivity index is 2.03. The summed E-state index contributed by atoms with van der Waals surface area (Å²) >= 11 is 0. The van der Waals surface area contributed by atoms with E-state index in [9.17, 15) is 9.18 Å². The molecule has 94 valence electrons. The Hall–Kier alpha value is -2.44. The van der Waals surface area contributed by atoms with Crippen LogP contribution in [0.15, 0.2) is 30.7 Å². The van der Waals surface area contributed by atoms with Crippen molar-refractivity contribution in [1.82, 2.24) is 14.8 Å². The highest BCUT2D eigenvalue weighted by Gasteiger charge is 2.04. The number of pyridine rings is 1. The fourth-order valence-electron chi connectivity index (χ4n) is 1.22. The zero-order valence-electron chi connectivity index (χ0n) is 9.54. The van der Waals surface area contributed by atoms with Crippen LogP contribution in [0, 0.1) is 5.82 Å². The fourth-order valence-corrected chi connectivity index (χ4v) is 1.22. The van der Waals surface area contributed by atoms with Crippen molar-refractivity contribution in [2.45, 2.75) is 0 Å². The van der Waals surface area contributed by atoms with Crippen molar-refractivity contribution in [2.75, 3.05) is 13.7 Å². The van der Waals surface area contributed by atoms with E-state index in [1.165, 1.54) is 24.2 Å². The van der Waals surface area contributed by atoms with Gasteiger partial charge in [0.2, 0.25) is 0 Å². The summed E-state index contributed by atoms with van der Waals surface area (Å²) in [5, 5.41) is 3.77. The first kappa shape index (κ1) is 12.0. The highest BCUT2D eigenvalue weighted by Crippen LogP contribution is 2.11. The first-order valence-corrected chi connectivity index (χ1v) is 5.05. The number of hydrogen-bond donors (Lipinski definition) is 0. The van der Waals surface area contributed by atoms with E-state index in [2.05, 4.69) is 14.8 Å². The minimum absolute atomic E-state index is 0.187. The van der Waals surface area contributed by atoms with Crippen LogP contribution in [0.5, 0.6) is 5.75 Å². The monoisotopic (exact) mass is 251 g/mol. The van der Waals surface area contributed by atoms with Crippen LogP contribution < -0.4 is 4.74 Å². The molecule has 2 aromatic heterocycles. The van der Waals surface area contributed by atoms with Gasteiger partial charge in [0, 0.05) is 0 Å². The third-order valence-electron chi connectivity index (χ3n) is 2.09. The second-order valence-electron chi connectivity index (χ2n) is 3.32. The number of aromatic nitrogens is 3. The Morgan fingerprint density at radius 3 is 2.83 bits per heavy atom. The van der Waals surface area contributed by atoms with Crippen molar-refractivity contribution in [3.8, 4) is 11.6 Å². The van der Waals surface area contributed by atoms with Crippen LogP contribution in [0.25, 0.3) is 5.82 Å². The second kappa shape index (κ2) is 5.26. The number of rotatable bonds is 4. The number of ether oxygens (including phenoxy) is 2. The molecule has 0 saturated carbocycles. The Morgan fingerprint density at radius 2 is 2.28 bits per heavy atom. The molecular weight excluding hydrogens is 241 g/mol.